The van der Waals surface area contributed by atoms with E-state index in [0.717, 1.165) is 32.0 Å². The minimum atomic E-state index is 0.330. The Kier molecular flexibility index (Phi) is 4.38. The van der Waals surface area contributed by atoms with Crippen LogP contribution in [0.4, 0.5) is 0 Å². The Labute approximate surface area is 102 Å². The molecule has 90 valence electrons. The number of nitrogens with zero attached hydrogens (tertiary/aromatic N) is 1. The molecule has 1 aromatic rings. The molecule has 2 nitrogen and oxygen atoms in total. The number of rotatable bonds is 7. The Bertz CT molecular complexity index is 319. The number of hydrogen-bond donors (Lipinski definition) is 1. The topological polar surface area (TPSA) is 23.5 Å². The van der Waals surface area contributed by atoms with Crippen LogP contribution in [0.3, 0.4) is 0 Å². The Morgan fingerprint density at radius 1 is 1.38 bits per heavy atom. The molecule has 0 unspecified atom stereocenters. The molecule has 1 saturated carbocycles. The van der Waals surface area contributed by atoms with Crippen LogP contribution in [0.5, 0.6) is 0 Å². The molecular formula is C13H21NOS. The molecule has 1 aliphatic rings. The van der Waals surface area contributed by atoms with E-state index >= 15 is 0 Å². The van der Waals surface area contributed by atoms with Gasteiger partial charge >= 0.3 is 0 Å². The van der Waals surface area contributed by atoms with Crippen molar-refractivity contribution in [3.05, 3.63) is 21.9 Å². The first-order chi connectivity index (χ1) is 7.79. The van der Waals surface area contributed by atoms with Crippen LogP contribution >= 0.6 is 11.3 Å². The van der Waals surface area contributed by atoms with Gasteiger partial charge < -0.3 is 5.11 Å². The predicted octanol–water partition coefficient (Wildman–Crippen LogP) is 2.79. The molecule has 16 heavy (non-hydrogen) atoms. The van der Waals surface area contributed by atoms with Gasteiger partial charge in [-0.15, -0.1) is 11.3 Å². The van der Waals surface area contributed by atoms with Crippen molar-refractivity contribution in [3.63, 3.8) is 0 Å². The summed E-state index contributed by atoms with van der Waals surface area (Å²) in [6.07, 6.45) is 4.79. The fourth-order valence-electron chi connectivity index (χ4n) is 2.03. The zero-order valence-corrected chi connectivity index (χ0v) is 10.8. The number of unbranched alkanes of at least 4 members (excludes halogenated alkanes) is 1. The summed E-state index contributed by atoms with van der Waals surface area (Å²) in [7, 11) is 0. The zero-order valence-electron chi connectivity index (χ0n) is 9.98. The molecule has 1 heterocycles. The van der Waals surface area contributed by atoms with Crippen LogP contribution in [-0.4, -0.2) is 29.2 Å². The molecular weight excluding hydrogens is 218 g/mol. The Morgan fingerprint density at radius 3 is 2.75 bits per heavy atom. The summed E-state index contributed by atoms with van der Waals surface area (Å²) >= 11 is 1.91. The lowest BCUT2D eigenvalue weighted by Gasteiger charge is -2.20. The molecule has 0 aliphatic heterocycles. The van der Waals surface area contributed by atoms with Crippen molar-refractivity contribution < 1.29 is 5.11 Å². The van der Waals surface area contributed by atoms with Crippen LogP contribution in [0.1, 0.15) is 35.4 Å². The van der Waals surface area contributed by atoms with Gasteiger partial charge in [0, 0.05) is 28.9 Å². The van der Waals surface area contributed by atoms with E-state index < -0.39 is 0 Å². The van der Waals surface area contributed by atoms with Crippen molar-refractivity contribution in [1.82, 2.24) is 4.90 Å². The SMILES string of the molecule is Cc1ccc(CN(CCCCO)C2CC2)s1. The summed E-state index contributed by atoms with van der Waals surface area (Å²) in [5, 5.41) is 8.81. The van der Waals surface area contributed by atoms with E-state index in [1.54, 1.807) is 0 Å². The van der Waals surface area contributed by atoms with E-state index in [9.17, 15) is 0 Å². The van der Waals surface area contributed by atoms with Crippen molar-refractivity contribution in [2.75, 3.05) is 13.2 Å². The van der Waals surface area contributed by atoms with Gasteiger partial charge in [-0.1, -0.05) is 0 Å². The third-order valence-corrected chi connectivity index (χ3v) is 4.06. The van der Waals surface area contributed by atoms with Gasteiger partial charge in [0.05, 0.1) is 0 Å². The standard InChI is InChI=1S/C13H21NOS/c1-11-4-7-13(16-11)10-14(12-5-6-12)8-2-3-9-15/h4,7,12,15H,2-3,5-6,8-10H2,1H3. The second-order valence-electron chi connectivity index (χ2n) is 4.64. The van der Waals surface area contributed by atoms with E-state index in [1.807, 2.05) is 11.3 Å². The summed E-state index contributed by atoms with van der Waals surface area (Å²) in [6, 6.07) is 5.28. The number of thiophene rings is 1. The first-order valence-corrected chi connectivity index (χ1v) is 7.01. The van der Waals surface area contributed by atoms with Gasteiger partial charge in [0.2, 0.25) is 0 Å². The minimum absolute atomic E-state index is 0.330. The van der Waals surface area contributed by atoms with Gasteiger partial charge in [-0.25, -0.2) is 0 Å². The quantitative estimate of drug-likeness (QED) is 0.740. The van der Waals surface area contributed by atoms with Crippen LogP contribution in [0.15, 0.2) is 12.1 Å². The average Bonchev–Trinajstić information content (AvgIpc) is 3.02. The molecule has 1 aliphatic carbocycles. The highest BCUT2D eigenvalue weighted by atomic mass is 32.1. The number of hydrogen-bond acceptors (Lipinski definition) is 3. The van der Waals surface area contributed by atoms with Gasteiger partial charge in [-0.3, -0.25) is 4.90 Å². The van der Waals surface area contributed by atoms with Gasteiger partial charge in [-0.05, 0) is 51.3 Å². The molecule has 0 bridgehead atoms. The normalized spacial score (nSPS) is 15.9. The molecule has 1 fully saturated rings. The molecule has 1 aromatic heterocycles. The van der Waals surface area contributed by atoms with Crippen LogP contribution in [0.2, 0.25) is 0 Å². The summed E-state index contributed by atoms with van der Waals surface area (Å²) in [6.45, 7) is 4.74. The van der Waals surface area contributed by atoms with E-state index in [4.69, 9.17) is 5.11 Å². The number of aliphatic hydroxyl groups excluding tert-OH is 1. The minimum Gasteiger partial charge on any atom is -0.396 e. The molecule has 1 N–H and O–H groups in total. The number of aliphatic hydroxyl groups is 1. The molecule has 0 saturated heterocycles. The van der Waals surface area contributed by atoms with Gasteiger partial charge in [0.1, 0.15) is 0 Å². The summed E-state index contributed by atoms with van der Waals surface area (Å²) in [5.41, 5.74) is 0. The highest BCUT2D eigenvalue weighted by Gasteiger charge is 2.28. The molecule has 0 radical (unpaired) electrons. The molecule has 0 aromatic carbocycles. The third-order valence-electron chi connectivity index (χ3n) is 3.07. The molecule has 0 spiro atoms. The predicted molar refractivity (Wildman–Crippen MR) is 68.8 cm³/mol. The van der Waals surface area contributed by atoms with Crippen molar-refractivity contribution in [1.29, 1.82) is 0 Å². The lowest BCUT2D eigenvalue weighted by Crippen LogP contribution is -2.26. The van der Waals surface area contributed by atoms with Crippen molar-refractivity contribution >= 4 is 11.3 Å². The monoisotopic (exact) mass is 239 g/mol. The lowest BCUT2D eigenvalue weighted by molar-refractivity contribution is 0.230. The van der Waals surface area contributed by atoms with Crippen LogP contribution < -0.4 is 0 Å². The number of aryl methyl sites for hydroxylation is 1. The van der Waals surface area contributed by atoms with Gasteiger partial charge in [0.25, 0.3) is 0 Å². The Balaban J connectivity index is 1.82. The Morgan fingerprint density at radius 2 is 2.19 bits per heavy atom. The van der Waals surface area contributed by atoms with E-state index in [0.29, 0.717) is 6.61 Å². The maximum atomic E-state index is 8.81. The van der Waals surface area contributed by atoms with Crippen LogP contribution in [0.25, 0.3) is 0 Å². The first-order valence-electron chi connectivity index (χ1n) is 6.20. The van der Waals surface area contributed by atoms with Crippen molar-refractivity contribution in [2.45, 2.75) is 45.2 Å². The van der Waals surface area contributed by atoms with Crippen molar-refractivity contribution in [3.8, 4) is 0 Å². The van der Waals surface area contributed by atoms with E-state index in [-0.39, 0.29) is 0 Å². The highest BCUT2D eigenvalue weighted by Crippen LogP contribution is 2.29. The van der Waals surface area contributed by atoms with Gasteiger partial charge in [0.15, 0.2) is 0 Å². The summed E-state index contributed by atoms with van der Waals surface area (Å²) in [4.78, 5) is 5.47. The van der Waals surface area contributed by atoms with E-state index in [1.165, 1.54) is 22.6 Å². The fraction of sp³-hybridized carbons (Fsp3) is 0.692. The van der Waals surface area contributed by atoms with Crippen LogP contribution in [-0.2, 0) is 6.54 Å². The fourth-order valence-corrected chi connectivity index (χ4v) is 2.94. The lowest BCUT2D eigenvalue weighted by atomic mass is 10.3. The molecule has 0 atom stereocenters. The maximum Gasteiger partial charge on any atom is 0.0431 e. The summed E-state index contributed by atoms with van der Waals surface area (Å²) < 4.78 is 0. The summed E-state index contributed by atoms with van der Waals surface area (Å²) in [5.74, 6) is 0. The van der Waals surface area contributed by atoms with E-state index in [2.05, 4.69) is 24.0 Å². The van der Waals surface area contributed by atoms with Gasteiger partial charge in [-0.2, -0.15) is 0 Å². The highest BCUT2D eigenvalue weighted by molar-refractivity contribution is 7.11. The largest absolute Gasteiger partial charge is 0.396 e. The van der Waals surface area contributed by atoms with Crippen LogP contribution in [0, 0.1) is 6.92 Å². The second kappa shape index (κ2) is 5.80. The first kappa shape index (κ1) is 12.1. The zero-order chi connectivity index (χ0) is 11.4. The van der Waals surface area contributed by atoms with Crippen molar-refractivity contribution in [2.24, 2.45) is 0 Å². The smallest absolute Gasteiger partial charge is 0.0431 e. The molecule has 3 heteroatoms. The molecule has 2 rings (SSSR count). The average molecular weight is 239 g/mol. The Hall–Kier alpha value is -0.380. The third kappa shape index (κ3) is 3.58. The maximum absolute atomic E-state index is 8.81. The second-order valence-corrected chi connectivity index (χ2v) is 6.02. The molecule has 0 amide bonds.